The molecule has 9 heavy (non-hydrogen) atoms. The molecule has 1 aliphatic carbocycles. The van der Waals surface area contributed by atoms with Crippen molar-refractivity contribution in [3.63, 3.8) is 0 Å². The zero-order valence-electron chi connectivity index (χ0n) is 4.64. The van der Waals surface area contributed by atoms with Gasteiger partial charge in [0, 0.05) is 10.4 Å². The predicted molar refractivity (Wildman–Crippen MR) is 24.8 cm³/mol. The fourth-order valence-corrected chi connectivity index (χ4v) is 0.624. The van der Waals surface area contributed by atoms with Gasteiger partial charge in [-0.15, -0.1) is 0 Å². The van der Waals surface area contributed by atoms with Crippen LogP contribution < -0.4 is 0 Å². The van der Waals surface area contributed by atoms with Crippen molar-refractivity contribution >= 4 is 5.97 Å². The van der Waals surface area contributed by atoms with Crippen LogP contribution in [0.2, 0.25) is 0 Å². The van der Waals surface area contributed by atoms with Crippen LogP contribution in [0.1, 0.15) is 12.8 Å². The highest BCUT2D eigenvalue weighted by Crippen LogP contribution is 2.34. The average molecular weight is 136 g/mol. The topological polar surface area (TPSA) is 26.3 Å². The predicted octanol–water partition coefficient (Wildman–Crippen LogP) is 1.16. The molecule has 2 nitrogen and oxygen atoms in total. The Morgan fingerprint density at radius 2 is 2.22 bits per heavy atom. The maximum atomic E-state index is 12.3. The maximum Gasteiger partial charge on any atom is 0.382 e. The van der Waals surface area contributed by atoms with Gasteiger partial charge in [-0.1, -0.05) is 0 Å². The van der Waals surface area contributed by atoms with E-state index in [0.717, 1.165) is 0 Å². The number of carbonyl (C=O) groups excluding carboxylic acids is 1. The number of hydrogen-bond acceptors (Lipinski definition) is 2. The van der Waals surface area contributed by atoms with E-state index in [1.54, 1.807) is 0 Å². The van der Waals surface area contributed by atoms with Gasteiger partial charge in [0.25, 0.3) is 0 Å². The van der Waals surface area contributed by atoms with E-state index in [2.05, 4.69) is 4.94 Å². The Balaban J connectivity index is 2.30. The standard InChI is InChI=1S/C5H6F2O2/c6-4(3-1-2-3)5(8)9-7/h3-4H,1-2H2. The Kier molecular flexibility index (Phi) is 1.64. The van der Waals surface area contributed by atoms with Crippen LogP contribution in [-0.4, -0.2) is 12.1 Å². The minimum Gasteiger partial charge on any atom is -0.252 e. The smallest absolute Gasteiger partial charge is 0.252 e. The van der Waals surface area contributed by atoms with Crippen molar-refractivity contribution in [3.8, 4) is 0 Å². The quantitative estimate of drug-likeness (QED) is 0.569. The van der Waals surface area contributed by atoms with Crippen LogP contribution >= 0.6 is 0 Å². The average Bonchev–Trinajstić information content (AvgIpc) is 2.66. The molecule has 0 N–H and O–H groups in total. The fraction of sp³-hybridized carbons (Fsp3) is 0.800. The van der Waals surface area contributed by atoms with Gasteiger partial charge < -0.3 is 0 Å². The third-order valence-corrected chi connectivity index (χ3v) is 1.34. The molecule has 0 aromatic carbocycles. The van der Waals surface area contributed by atoms with Gasteiger partial charge in [-0.05, 0) is 12.8 Å². The van der Waals surface area contributed by atoms with E-state index in [0.29, 0.717) is 12.8 Å². The number of alkyl halides is 1. The molecule has 1 saturated carbocycles. The Morgan fingerprint density at radius 3 is 2.56 bits per heavy atom. The second-order valence-corrected chi connectivity index (χ2v) is 2.14. The summed E-state index contributed by atoms with van der Waals surface area (Å²) < 4.78 is 23.2. The lowest BCUT2D eigenvalue weighted by molar-refractivity contribution is -0.190. The lowest BCUT2D eigenvalue weighted by atomic mass is 10.3. The molecule has 0 spiro atoms. The van der Waals surface area contributed by atoms with Gasteiger partial charge in [-0.25, -0.2) is 9.18 Å². The second-order valence-electron chi connectivity index (χ2n) is 2.14. The first-order valence-corrected chi connectivity index (χ1v) is 2.72. The molecule has 1 atom stereocenters. The minimum absolute atomic E-state index is 0.284. The van der Waals surface area contributed by atoms with Crippen molar-refractivity contribution < 1.29 is 18.7 Å². The maximum absolute atomic E-state index is 12.3. The molecule has 0 bridgehead atoms. The summed E-state index contributed by atoms with van der Waals surface area (Å²) in [7, 11) is 0. The van der Waals surface area contributed by atoms with Crippen LogP contribution in [0.4, 0.5) is 8.92 Å². The van der Waals surface area contributed by atoms with Crippen LogP contribution in [0.3, 0.4) is 0 Å². The molecule has 1 rings (SSSR count). The minimum atomic E-state index is -1.74. The fourth-order valence-electron chi connectivity index (χ4n) is 0.624. The Morgan fingerprint density at radius 1 is 1.67 bits per heavy atom. The number of halogens is 2. The molecule has 0 amide bonds. The van der Waals surface area contributed by atoms with Crippen LogP contribution in [-0.2, 0) is 9.74 Å². The summed E-state index contributed by atoms with van der Waals surface area (Å²) in [5.74, 6) is -1.68. The molecule has 1 fully saturated rings. The van der Waals surface area contributed by atoms with Gasteiger partial charge in [-0.3, -0.25) is 4.94 Å². The summed E-state index contributed by atoms with van der Waals surface area (Å²) in [4.78, 5) is 12.7. The summed E-state index contributed by atoms with van der Waals surface area (Å²) in [6, 6.07) is 0. The third-order valence-electron chi connectivity index (χ3n) is 1.34. The van der Waals surface area contributed by atoms with Gasteiger partial charge >= 0.3 is 5.97 Å². The normalized spacial score (nSPS) is 21.1. The Bertz CT molecular complexity index is 122. The first-order valence-electron chi connectivity index (χ1n) is 2.72. The third kappa shape index (κ3) is 1.37. The molecule has 1 unspecified atom stereocenters. The Labute approximate surface area is 50.7 Å². The largest absolute Gasteiger partial charge is 0.382 e. The van der Waals surface area contributed by atoms with Crippen molar-refractivity contribution in [2.45, 2.75) is 19.0 Å². The summed E-state index contributed by atoms with van der Waals surface area (Å²) in [5.41, 5.74) is 0. The van der Waals surface area contributed by atoms with Gasteiger partial charge in [0.1, 0.15) is 0 Å². The van der Waals surface area contributed by atoms with E-state index in [-0.39, 0.29) is 5.92 Å². The van der Waals surface area contributed by atoms with Crippen molar-refractivity contribution in [2.75, 3.05) is 0 Å². The van der Waals surface area contributed by atoms with Crippen molar-refractivity contribution in [2.24, 2.45) is 5.92 Å². The first kappa shape index (κ1) is 6.45. The van der Waals surface area contributed by atoms with Gasteiger partial charge in [0.05, 0.1) is 0 Å². The highest BCUT2D eigenvalue weighted by molar-refractivity contribution is 5.74. The number of hydrogen-bond donors (Lipinski definition) is 0. The van der Waals surface area contributed by atoms with E-state index >= 15 is 0 Å². The first-order chi connectivity index (χ1) is 4.25. The van der Waals surface area contributed by atoms with Crippen molar-refractivity contribution in [1.82, 2.24) is 0 Å². The molecule has 0 saturated heterocycles. The zero-order valence-corrected chi connectivity index (χ0v) is 4.64. The lowest BCUT2D eigenvalue weighted by Gasteiger charge is -1.97. The molecule has 0 aromatic heterocycles. The van der Waals surface area contributed by atoms with Crippen LogP contribution in [0.25, 0.3) is 0 Å². The number of carbonyl (C=O) groups is 1. The summed E-state index contributed by atoms with van der Waals surface area (Å²) in [6.07, 6.45) is -0.415. The SMILES string of the molecule is O=C(OF)C(F)C1CC1. The molecule has 1 aliphatic rings. The summed E-state index contributed by atoms with van der Waals surface area (Å²) >= 11 is 0. The molecule has 4 heteroatoms. The van der Waals surface area contributed by atoms with E-state index in [1.807, 2.05) is 0 Å². The number of rotatable bonds is 2. The van der Waals surface area contributed by atoms with Gasteiger partial charge in [0.2, 0.25) is 6.17 Å². The molecular weight excluding hydrogens is 130 g/mol. The molecule has 52 valence electrons. The van der Waals surface area contributed by atoms with Crippen molar-refractivity contribution in [3.05, 3.63) is 0 Å². The highest BCUT2D eigenvalue weighted by Gasteiger charge is 2.38. The molecule has 0 radical (unpaired) electrons. The monoisotopic (exact) mass is 136 g/mol. The van der Waals surface area contributed by atoms with Crippen LogP contribution in [0.5, 0.6) is 0 Å². The Hall–Kier alpha value is -0.670. The molecule has 0 heterocycles. The summed E-state index contributed by atoms with van der Waals surface area (Å²) in [6.45, 7) is 0. The summed E-state index contributed by atoms with van der Waals surface area (Å²) in [5, 5.41) is 0. The van der Waals surface area contributed by atoms with E-state index in [9.17, 15) is 13.7 Å². The lowest BCUT2D eigenvalue weighted by Crippen LogP contribution is -2.17. The van der Waals surface area contributed by atoms with Gasteiger partial charge in [-0.2, -0.15) is 0 Å². The van der Waals surface area contributed by atoms with E-state index < -0.39 is 12.1 Å². The van der Waals surface area contributed by atoms with E-state index in [1.165, 1.54) is 0 Å². The van der Waals surface area contributed by atoms with Crippen molar-refractivity contribution in [1.29, 1.82) is 0 Å². The second kappa shape index (κ2) is 2.29. The molecule has 0 aliphatic heterocycles. The zero-order chi connectivity index (χ0) is 6.85. The van der Waals surface area contributed by atoms with Gasteiger partial charge in [0.15, 0.2) is 0 Å². The van der Waals surface area contributed by atoms with E-state index in [4.69, 9.17) is 0 Å². The molecule has 0 aromatic rings. The highest BCUT2D eigenvalue weighted by atomic mass is 19.3. The van der Waals surface area contributed by atoms with Crippen LogP contribution in [0.15, 0.2) is 0 Å². The van der Waals surface area contributed by atoms with Crippen LogP contribution in [0, 0.1) is 5.92 Å². The molecular formula is C5H6F2O2.